The highest BCUT2D eigenvalue weighted by Crippen LogP contribution is 2.48. The minimum Gasteiger partial charge on any atom is -0.497 e. The lowest BCUT2D eigenvalue weighted by atomic mass is 9.75. The molecule has 3 N–H and O–H groups in total. The zero-order valence-corrected chi connectivity index (χ0v) is 24.8. The van der Waals surface area contributed by atoms with Crippen molar-refractivity contribution in [3.63, 3.8) is 0 Å². The first-order valence-electron chi connectivity index (χ1n) is 13.0. The van der Waals surface area contributed by atoms with Gasteiger partial charge in [-0.2, -0.15) is 5.26 Å². The number of Topliss-reactive ketones (excluding diaryl/α,β-unsaturated/α-hetero) is 1. The Labute approximate surface area is 251 Å². The first-order valence-corrected chi connectivity index (χ1v) is 14.8. The number of amides is 1. The monoisotopic (exact) mass is 604 g/mol. The predicted molar refractivity (Wildman–Crippen MR) is 160 cm³/mol. The molecule has 0 fully saturated rings. The van der Waals surface area contributed by atoms with Gasteiger partial charge in [0.1, 0.15) is 11.6 Å². The summed E-state index contributed by atoms with van der Waals surface area (Å²) in [5.74, 6) is 1.04. The maximum absolute atomic E-state index is 13.4. The maximum atomic E-state index is 13.4. The average molecular weight is 605 g/mol. The Morgan fingerprint density at radius 3 is 2.69 bits per heavy atom. The van der Waals surface area contributed by atoms with Crippen molar-refractivity contribution in [1.82, 2.24) is 10.2 Å². The van der Waals surface area contributed by atoms with Crippen LogP contribution in [0.4, 0.5) is 10.8 Å². The van der Waals surface area contributed by atoms with E-state index in [2.05, 4.69) is 21.6 Å². The highest BCUT2D eigenvalue weighted by Gasteiger charge is 2.41. The van der Waals surface area contributed by atoms with E-state index in [1.807, 2.05) is 6.07 Å². The van der Waals surface area contributed by atoms with Gasteiger partial charge in [0.2, 0.25) is 11.0 Å². The van der Waals surface area contributed by atoms with E-state index in [1.54, 1.807) is 55.5 Å². The van der Waals surface area contributed by atoms with Crippen molar-refractivity contribution in [2.45, 2.75) is 29.5 Å². The number of carbonyl (C=O) groups is 2. The van der Waals surface area contributed by atoms with E-state index < -0.39 is 5.92 Å². The number of ether oxygens (including phenoxy) is 3. The molecule has 1 aliphatic carbocycles. The van der Waals surface area contributed by atoms with Crippen LogP contribution in [0.25, 0.3) is 0 Å². The van der Waals surface area contributed by atoms with Gasteiger partial charge in [0.15, 0.2) is 21.6 Å². The van der Waals surface area contributed by atoms with Crippen molar-refractivity contribution in [2.24, 2.45) is 5.73 Å². The van der Waals surface area contributed by atoms with Crippen LogP contribution in [0.15, 0.2) is 69.5 Å². The Bertz CT molecular complexity index is 1640. The Kier molecular flexibility index (Phi) is 8.65. The molecule has 0 radical (unpaired) electrons. The van der Waals surface area contributed by atoms with Gasteiger partial charge in [0.05, 0.1) is 44.6 Å². The molecule has 0 saturated carbocycles. The van der Waals surface area contributed by atoms with Crippen LogP contribution in [0.2, 0.25) is 0 Å². The van der Waals surface area contributed by atoms with Gasteiger partial charge in [0, 0.05) is 29.4 Å². The minimum absolute atomic E-state index is 0.0467. The number of rotatable bonds is 9. The molecule has 11 nitrogen and oxygen atoms in total. The number of hydrogen-bond acceptors (Lipinski definition) is 12. The Balaban J connectivity index is 1.43. The second kappa shape index (κ2) is 12.5. The topological polar surface area (TPSA) is 153 Å². The van der Waals surface area contributed by atoms with Gasteiger partial charge in [-0.05, 0) is 42.7 Å². The second-order valence-electron chi connectivity index (χ2n) is 9.35. The summed E-state index contributed by atoms with van der Waals surface area (Å²) in [4.78, 5) is 27.6. The molecule has 1 aliphatic heterocycles. The molecule has 1 amide bonds. The summed E-state index contributed by atoms with van der Waals surface area (Å²) in [6.07, 6.45) is 1.59. The summed E-state index contributed by atoms with van der Waals surface area (Å²) in [6, 6.07) is 14.7. The maximum Gasteiger partial charge on any atom is 0.234 e. The molecule has 13 heteroatoms. The summed E-state index contributed by atoms with van der Waals surface area (Å²) in [6.45, 7) is 0. The van der Waals surface area contributed by atoms with Gasteiger partial charge in [-0.25, -0.2) is 0 Å². The molecular weight excluding hydrogens is 576 g/mol. The number of benzene rings is 2. The third-order valence-corrected chi connectivity index (χ3v) is 8.96. The van der Waals surface area contributed by atoms with Crippen molar-refractivity contribution in [3.05, 3.63) is 70.7 Å². The Hall–Kier alpha value is -4.54. The van der Waals surface area contributed by atoms with Crippen LogP contribution in [-0.4, -0.2) is 49.0 Å². The normalized spacial score (nSPS) is 16.6. The van der Waals surface area contributed by atoms with Crippen molar-refractivity contribution < 1.29 is 23.8 Å². The van der Waals surface area contributed by atoms with E-state index >= 15 is 0 Å². The molecule has 2 aliphatic rings. The van der Waals surface area contributed by atoms with Crippen LogP contribution >= 0.6 is 23.1 Å². The molecule has 3 aromatic rings. The van der Waals surface area contributed by atoms with E-state index in [9.17, 15) is 14.9 Å². The van der Waals surface area contributed by atoms with Gasteiger partial charge < -0.3 is 25.3 Å². The van der Waals surface area contributed by atoms with Gasteiger partial charge in [-0.3, -0.25) is 14.5 Å². The molecule has 5 rings (SSSR count). The van der Waals surface area contributed by atoms with E-state index in [-0.39, 0.29) is 28.8 Å². The first kappa shape index (κ1) is 29.0. The molecule has 1 aromatic heterocycles. The fourth-order valence-corrected chi connectivity index (χ4v) is 6.73. The highest BCUT2D eigenvalue weighted by atomic mass is 32.2. The van der Waals surface area contributed by atoms with Crippen LogP contribution < -0.4 is 30.2 Å². The molecule has 0 saturated heterocycles. The number of methoxy groups -OCH3 is 3. The largest absolute Gasteiger partial charge is 0.497 e. The van der Waals surface area contributed by atoms with Crippen LogP contribution in [0.1, 0.15) is 30.7 Å². The molecule has 2 aromatic carbocycles. The van der Waals surface area contributed by atoms with Crippen molar-refractivity contribution >= 4 is 45.6 Å². The van der Waals surface area contributed by atoms with Gasteiger partial charge in [-0.15, -0.1) is 10.2 Å². The van der Waals surface area contributed by atoms with Crippen LogP contribution in [0.5, 0.6) is 17.2 Å². The van der Waals surface area contributed by atoms with Crippen molar-refractivity contribution in [2.75, 3.05) is 37.3 Å². The average Bonchev–Trinajstić information content (AvgIpc) is 3.47. The van der Waals surface area contributed by atoms with Gasteiger partial charge in [0.25, 0.3) is 0 Å². The summed E-state index contributed by atoms with van der Waals surface area (Å²) in [7, 11) is 4.64. The number of nitriles is 1. The van der Waals surface area contributed by atoms with E-state index in [4.69, 9.17) is 19.9 Å². The number of nitrogens with two attached hydrogens (primary N) is 1. The molecule has 42 heavy (non-hydrogen) atoms. The second-order valence-corrected chi connectivity index (χ2v) is 11.5. The number of thioether (sulfide) groups is 1. The fraction of sp³-hybridized carbons (Fsp3) is 0.276. The molecule has 0 spiro atoms. The molecule has 2 heterocycles. The van der Waals surface area contributed by atoms with Crippen LogP contribution in [0, 0.1) is 11.3 Å². The quantitative estimate of drug-likeness (QED) is 0.330. The molecular formula is C29H28N6O5S2. The SMILES string of the molecule is COc1cccc(NC(=O)CSc2nnc(N3C(N)=C(C#N)C(c4ccc(OC)c(OC)c4)C4=C3CCCC4=O)s2)c1. The van der Waals surface area contributed by atoms with Crippen molar-refractivity contribution in [3.8, 4) is 23.3 Å². The summed E-state index contributed by atoms with van der Waals surface area (Å²) in [5, 5.41) is 22.1. The number of ketones is 1. The molecule has 0 bridgehead atoms. The fourth-order valence-electron chi connectivity index (χ4n) is 5.05. The lowest BCUT2D eigenvalue weighted by Gasteiger charge is -2.38. The summed E-state index contributed by atoms with van der Waals surface area (Å²) < 4.78 is 16.6. The van der Waals surface area contributed by atoms with Crippen molar-refractivity contribution in [1.29, 1.82) is 5.26 Å². The lowest BCUT2D eigenvalue weighted by Crippen LogP contribution is -2.38. The predicted octanol–water partition coefficient (Wildman–Crippen LogP) is 4.60. The Morgan fingerprint density at radius 1 is 1.14 bits per heavy atom. The third-order valence-electron chi connectivity index (χ3n) is 6.92. The number of carbonyl (C=O) groups excluding carboxylic acids is 2. The van der Waals surface area contributed by atoms with E-state index in [0.29, 0.717) is 68.5 Å². The van der Waals surface area contributed by atoms with Gasteiger partial charge in [-0.1, -0.05) is 35.2 Å². The van der Waals surface area contributed by atoms with E-state index in [1.165, 1.54) is 30.2 Å². The number of nitrogens with zero attached hydrogens (tertiary/aromatic N) is 4. The number of aromatic nitrogens is 2. The number of anilines is 2. The van der Waals surface area contributed by atoms with Crippen LogP contribution in [0.3, 0.4) is 0 Å². The highest BCUT2D eigenvalue weighted by molar-refractivity contribution is 8.01. The number of hydrogen-bond donors (Lipinski definition) is 2. The molecule has 1 atom stereocenters. The number of nitrogens with one attached hydrogen (secondary N) is 1. The summed E-state index contributed by atoms with van der Waals surface area (Å²) >= 11 is 2.47. The standard InChI is InChI=1S/C29H28N6O5S2/c1-38-18-7-4-6-17(13-18)32-24(37)15-41-29-34-33-28(42-29)35-20-8-5-9-21(36)26(20)25(19(14-30)27(35)31)16-10-11-22(39-2)23(12-16)40-3/h4,6-7,10-13,25H,5,8-9,15,31H2,1-3H3,(H,32,37). The first-order chi connectivity index (χ1) is 20.4. The summed E-state index contributed by atoms with van der Waals surface area (Å²) in [5.41, 5.74) is 9.43. The van der Waals surface area contributed by atoms with Crippen LogP contribution in [-0.2, 0) is 9.59 Å². The molecule has 1 unspecified atom stereocenters. The zero-order valence-electron chi connectivity index (χ0n) is 23.2. The zero-order chi connectivity index (χ0) is 29.8. The number of allylic oxidation sites excluding steroid dienone is 3. The van der Waals surface area contributed by atoms with E-state index in [0.717, 1.165) is 0 Å². The van der Waals surface area contributed by atoms with Gasteiger partial charge >= 0.3 is 0 Å². The molecule has 216 valence electrons. The minimum atomic E-state index is -0.657. The third kappa shape index (κ3) is 5.63. The smallest absolute Gasteiger partial charge is 0.234 e. The lowest BCUT2D eigenvalue weighted by molar-refractivity contribution is -0.116. The Morgan fingerprint density at radius 2 is 1.95 bits per heavy atom.